The second-order valence-electron chi connectivity index (χ2n) is 14.2. The number of hydrogen-bond donors (Lipinski definition) is 0. The fraction of sp³-hybridized carbons (Fsp3) is 0.617. The van der Waals surface area contributed by atoms with Crippen molar-refractivity contribution in [1.82, 2.24) is 0 Å². The number of aryl methyl sites for hydroxylation is 2. The summed E-state index contributed by atoms with van der Waals surface area (Å²) in [4.78, 5) is 10.5. The predicted molar refractivity (Wildman–Crippen MR) is 222 cm³/mol. The molecule has 0 N–H and O–H groups in total. The summed E-state index contributed by atoms with van der Waals surface area (Å²) in [6.45, 7) is 9.00. The van der Waals surface area contributed by atoms with Crippen molar-refractivity contribution in [3.05, 3.63) is 84.0 Å². The van der Waals surface area contributed by atoms with E-state index < -0.39 is 0 Å². The molecule has 50 heavy (non-hydrogen) atoms. The normalized spacial score (nSPS) is 12.3. The summed E-state index contributed by atoms with van der Waals surface area (Å²) in [6.07, 6.45) is 41.6. The van der Waals surface area contributed by atoms with Crippen molar-refractivity contribution in [2.45, 2.75) is 188 Å². The van der Waals surface area contributed by atoms with E-state index in [1.807, 2.05) is 0 Å². The topological polar surface area (TPSA) is 24.7 Å². The van der Waals surface area contributed by atoms with Crippen molar-refractivity contribution in [2.75, 3.05) is 0 Å². The van der Waals surface area contributed by atoms with Crippen LogP contribution in [0, 0.1) is 0 Å². The Morgan fingerprint density at radius 3 is 1.30 bits per heavy atom. The van der Waals surface area contributed by atoms with Crippen LogP contribution >= 0.6 is 0 Å². The molecule has 0 aliphatic carbocycles. The van der Waals surface area contributed by atoms with E-state index in [1.54, 1.807) is 0 Å². The number of nitrogens with zero attached hydrogens (tertiary/aromatic N) is 2. The molecular weight excluding hydrogens is 651 g/mol. The minimum atomic E-state index is 0. The largest absolute Gasteiger partial charge is 0.252 e. The summed E-state index contributed by atoms with van der Waals surface area (Å²) in [7, 11) is 0. The first kappa shape index (κ1) is 45.8. The minimum absolute atomic E-state index is 0. The van der Waals surface area contributed by atoms with E-state index >= 15 is 0 Å². The molecule has 0 saturated heterocycles. The van der Waals surface area contributed by atoms with Crippen molar-refractivity contribution in [2.24, 2.45) is 9.98 Å². The Morgan fingerprint density at radius 1 is 0.460 bits per heavy atom. The molecule has 0 radical (unpaired) electrons. The van der Waals surface area contributed by atoms with Crippen LogP contribution in [0.5, 0.6) is 0 Å². The van der Waals surface area contributed by atoms with Crippen LogP contribution in [-0.2, 0) is 29.3 Å². The molecule has 2 aromatic rings. The smallest absolute Gasteiger partial charge is 0.0665 e. The third-order valence-corrected chi connectivity index (χ3v) is 9.65. The van der Waals surface area contributed by atoms with Gasteiger partial charge in [-0.1, -0.05) is 178 Å². The van der Waals surface area contributed by atoms with Gasteiger partial charge in [-0.25, -0.2) is 0 Å². The van der Waals surface area contributed by atoms with Crippen molar-refractivity contribution in [3.8, 4) is 0 Å². The second-order valence-corrected chi connectivity index (χ2v) is 14.2. The van der Waals surface area contributed by atoms with E-state index in [-0.39, 0.29) is 16.5 Å². The molecular formula is C47H74N2Ni. The molecule has 282 valence electrons. The summed E-state index contributed by atoms with van der Waals surface area (Å²) in [5, 5.41) is 0. The number of allylic oxidation sites excluding steroid dienone is 4. The van der Waals surface area contributed by atoms with Crippen LogP contribution in [-0.4, -0.2) is 11.4 Å². The van der Waals surface area contributed by atoms with Gasteiger partial charge < -0.3 is 0 Å². The van der Waals surface area contributed by atoms with Gasteiger partial charge >= 0.3 is 0 Å². The molecule has 0 saturated carbocycles. The fourth-order valence-corrected chi connectivity index (χ4v) is 6.46. The number of para-hydroxylation sites is 2. The summed E-state index contributed by atoms with van der Waals surface area (Å²) in [6, 6.07) is 17.4. The van der Waals surface area contributed by atoms with Gasteiger partial charge in [0.15, 0.2) is 0 Å². The van der Waals surface area contributed by atoms with Gasteiger partial charge in [0.25, 0.3) is 0 Å². The van der Waals surface area contributed by atoms with Crippen LogP contribution in [0.1, 0.15) is 187 Å². The molecule has 0 unspecified atom stereocenters. The van der Waals surface area contributed by atoms with Crippen molar-refractivity contribution >= 4 is 22.8 Å². The zero-order valence-corrected chi connectivity index (χ0v) is 33.8. The molecule has 2 nitrogen and oxygen atoms in total. The summed E-state index contributed by atoms with van der Waals surface area (Å²) >= 11 is 0. The Balaban J connectivity index is 0.0000125. The minimum Gasteiger partial charge on any atom is -0.252 e. The maximum Gasteiger partial charge on any atom is 0.0665 e. The number of unbranched alkanes of at least 4 members (excludes halogenated alkanes) is 17. The van der Waals surface area contributed by atoms with Crippen molar-refractivity contribution < 1.29 is 16.5 Å². The first-order valence-electron chi connectivity index (χ1n) is 20.8. The van der Waals surface area contributed by atoms with Gasteiger partial charge in [-0.3, -0.25) is 9.98 Å². The number of benzene rings is 2. The van der Waals surface area contributed by atoms with Gasteiger partial charge in [-0.2, -0.15) is 0 Å². The standard InChI is InChI=1S/C47H74N2.Ni/c1-5-8-11-13-15-17-19-21-23-25-27-29-35-43-37-31-33-40-46(43)48-42(4)45(39-10-7-3)49-47-41-34-32-38-44(47)36-30-28-26-24-22-20-18-16-14-12-9-6-2;/h25-28,31-34,37-38,40-41H,5-24,29-30,35-36,39H2,1-4H3;. The maximum atomic E-state index is 5.28. The van der Waals surface area contributed by atoms with Crippen LogP contribution in [0.3, 0.4) is 0 Å². The summed E-state index contributed by atoms with van der Waals surface area (Å²) in [5.74, 6) is 0. The molecule has 3 heteroatoms. The molecule has 0 spiro atoms. The van der Waals surface area contributed by atoms with Gasteiger partial charge in [-0.15, -0.1) is 0 Å². The first-order valence-corrected chi connectivity index (χ1v) is 20.8. The van der Waals surface area contributed by atoms with Crippen molar-refractivity contribution in [1.29, 1.82) is 0 Å². The van der Waals surface area contributed by atoms with E-state index in [9.17, 15) is 0 Å². The quantitative estimate of drug-likeness (QED) is 0.0332. The molecule has 0 aromatic heterocycles. The Bertz CT molecular complexity index is 1210. The summed E-state index contributed by atoms with van der Waals surface area (Å²) < 4.78 is 0. The van der Waals surface area contributed by atoms with Gasteiger partial charge in [0.2, 0.25) is 0 Å². The zero-order chi connectivity index (χ0) is 35.0. The molecule has 0 heterocycles. The number of rotatable bonds is 30. The van der Waals surface area contributed by atoms with Crippen molar-refractivity contribution in [3.63, 3.8) is 0 Å². The molecule has 0 aliphatic rings. The predicted octanol–water partition coefficient (Wildman–Crippen LogP) is 15.8. The van der Waals surface area contributed by atoms with Gasteiger partial charge in [-0.05, 0) is 94.4 Å². The number of hydrogen-bond acceptors (Lipinski definition) is 2. The monoisotopic (exact) mass is 725 g/mol. The fourth-order valence-electron chi connectivity index (χ4n) is 6.46. The van der Waals surface area contributed by atoms with Gasteiger partial charge in [0.1, 0.15) is 0 Å². The van der Waals surface area contributed by atoms with Gasteiger partial charge in [0, 0.05) is 16.5 Å². The molecule has 0 amide bonds. The average molecular weight is 726 g/mol. The molecule has 0 fully saturated rings. The van der Waals surface area contributed by atoms with Crippen LogP contribution < -0.4 is 0 Å². The third kappa shape index (κ3) is 22.5. The third-order valence-electron chi connectivity index (χ3n) is 9.65. The van der Waals surface area contributed by atoms with E-state index in [0.717, 1.165) is 67.7 Å². The maximum absolute atomic E-state index is 5.28. The molecule has 2 aromatic carbocycles. The molecule has 2 rings (SSSR count). The van der Waals surface area contributed by atoms with E-state index in [0.29, 0.717) is 0 Å². The first-order chi connectivity index (χ1) is 24.2. The number of aliphatic imine (C=N–C) groups is 2. The molecule has 0 bridgehead atoms. The Hall–Kier alpha value is -2.25. The van der Waals surface area contributed by atoms with Crippen LogP contribution in [0.25, 0.3) is 0 Å². The Kier molecular flexibility index (Phi) is 29.9. The Morgan fingerprint density at radius 2 is 0.840 bits per heavy atom. The average Bonchev–Trinajstić information content (AvgIpc) is 3.12. The summed E-state index contributed by atoms with van der Waals surface area (Å²) in [5.41, 5.74) is 7.03. The molecule has 0 atom stereocenters. The van der Waals surface area contributed by atoms with E-state index in [1.165, 1.54) is 127 Å². The van der Waals surface area contributed by atoms with Gasteiger partial charge in [0.05, 0.1) is 22.8 Å². The van der Waals surface area contributed by atoms with Crippen LogP contribution in [0.2, 0.25) is 0 Å². The van der Waals surface area contributed by atoms with Crippen LogP contribution in [0.4, 0.5) is 11.4 Å². The van der Waals surface area contributed by atoms with Crippen LogP contribution in [0.15, 0.2) is 82.8 Å². The zero-order valence-electron chi connectivity index (χ0n) is 32.8. The Labute approximate surface area is 320 Å². The van der Waals surface area contributed by atoms with E-state index in [4.69, 9.17) is 9.98 Å². The van der Waals surface area contributed by atoms with E-state index in [2.05, 4.69) is 101 Å². The second kappa shape index (κ2) is 32.6. The SMILES string of the molecule is CCCCCCCCCCC=CCCc1ccccc1N=C(C)C(CCCC)=Nc1ccccc1CCC=CCCCCCCCCCC.[Ni]. The molecule has 0 aliphatic heterocycles.